The number of methoxy groups -OCH3 is 1. The monoisotopic (exact) mass is 471 g/mol. The van der Waals surface area contributed by atoms with E-state index in [2.05, 4.69) is 38.3 Å². The average molecular weight is 472 g/mol. The van der Waals surface area contributed by atoms with Crippen LogP contribution in [0, 0.1) is 6.92 Å². The van der Waals surface area contributed by atoms with E-state index in [1.165, 1.54) is 11.8 Å². The van der Waals surface area contributed by atoms with Crippen LogP contribution < -0.4 is 14.8 Å². The van der Waals surface area contributed by atoms with Crippen LogP contribution in [0.25, 0.3) is 22.2 Å². The first-order chi connectivity index (χ1) is 17.1. The van der Waals surface area contributed by atoms with Gasteiger partial charge in [0, 0.05) is 37.1 Å². The summed E-state index contributed by atoms with van der Waals surface area (Å²) in [6.07, 6.45) is 6.88. The highest BCUT2D eigenvalue weighted by Gasteiger charge is 2.17. The summed E-state index contributed by atoms with van der Waals surface area (Å²) in [4.78, 5) is 16.4. The first kappa shape index (κ1) is 22.3. The molecule has 0 atom stereocenters. The third kappa shape index (κ3) is 5.03. The molecule has 9 nitrogen and oxygen atoms in total. The van der Waals surface area contributed by atoms with E-state index < -0.39 is 6.09 Å². The maximum absolute atomic E-state index is 12.4. The number of hydrogen-bond donors (Lipinski definition) is 1. The van der Waals surface area contributed by atoms with Gasteiger partial charge in [0.15, 0.2) is 12.2 Å². The molecule has 0 spiro atoms. The van der Waals surface area contributed by atoms with Crippen molar-refractivity contribution in [1.82, 2.24) is 19.3 Å². The van der Waals surface area contributed by atoms with Gasteiger partial charge in [-0.15, -0.1) is 0 Å². The molecule has 0 saturated carbocycles. The fraction of sp³-hybridized carbons (Fsp3) is 0.192. The number of carbonyl (C=O) groups is 1. The second kappa shape index (κ2) is 9.76. The van der Waals surface area contributed by atoms with Gasteiger partial charge in [0.25, 0.3) is 5.88 Å². The van der Waals surface area contributed by atoms with Gasteiger partial charge in [0.05, 0.1) is 24.5 Å². The van der Waals surface area contributed by atoms with Crippen LogP contribution in [0.5, 0.6) is 11.6 Å². The number of amides is 1. The number of aryl methyl sites for hydroxylation is 3. The Balaban J connectivity index is 1.16. The molecule has 35 heavy (non-hydrogen) atoms. The van der Waals surface area contributed by atoms with Gasteiger partial charge in [0.2, 0.25) is 0 Å². The molecular formula is C26H25N5O4. The van der Waals surface area contributed by atoms with E-state index in [0.29, 0.717) is 18.0 Å². The van der Waals surface area contributed by atoms with Gasteiger partial charge in [-0.25, -0.2) is 4.79 Å². The molecule has 9 heteroatoms. The smallest absolute Gasteiger partial charge is 0.418 e. The number of carbonyl (C=O) groups excluding carboxylic acids is 1. The first-order valence-electron chi connectivity index (χ1n) is 11.2. The van der Waals surface area contributed by atoms with E-state index in [9.17, 15) is 4.79 Å². The Bertz CT molecular complexity index is 1470. The molecule has 0 aliphatic carbocycles. The second-order valence-corrected chi connectivity index (χ2v) is 8.15. The lowest BCUT2D eigenvalue weighted by Gasteiger charge is -2.07. The van der Waals surface area contributed by atoms with Crippen molar-refractivity contribution < 1.29 is 18.7 Å². The highest BCUT2D eigenvalue weighted by molar-refractivity contribution is 5.86. The molecule has 3 heterocycles. The lowest BCUT2D eigenvalue weighted by Crippen LogP contribution is -2.17. The van der Waals surface area contributed by atoms with Crippen molar-refractivity contribution >= 4 is 22.7 Å². The number of nitrogens with one attached hydrogen (secondary N) is 1. The minimum atomic E-state index is -0.667. The number of rotatable bonds is 8. The number of aromatic nitrogens is 4. The van der Waals surface area contributed by atoms with Crippen LogP contribution in [-0.4, -0.2) is 32.5 Å². The molecule has 178 valence electrons. The molecule has 0 fully saturated rings. The maximum Gasteiger partial charge on any atom is 0.418 e. The van der Waals surface area contributed by atoms with E-state index >= 15 is 0 Å². The molecule has 0 saturated heterocycles. The Labute approximate surface area is 201 Å². The van der Waals surface area contributed by atoms with E-state index in [1.54, 1.807) is 24.2 Å². The van der Waals surface area contributed by atoms with Crippen molar-refractivity contribution in [1.29, 1.82) is 0 Å². The standard InChI is InChI=1S/C26H25N5O4/c1-18-5-3-6-20(13-18)24-25(27-17-34-24)35-26(32)29-21-15-28-31(16-21)11-4-10-30-12-9-19-7-8-22(33-2)14-23(19)30/h3,5-9,12-17H,4,10-11H2,1-2H3,(H,29,32). The van der Waals surface area contributed by atoms with Crippen LogP contribution in [-0.2, 0) is 13.1 Å². The zero-order chi connectivity index (χ0) is 24.2. The number of fused-ring (bicyclic) bond motifs is 1. The van der Waals surface area contributed by atoms with Crippen LogP contribution >= 0.6 is 0 Å². The number of oxazole rings is 1. The summed E-state index contributed by atoms with van der Waals surface area (Å²) in [5.74, 6) is 1.34. The predicted octanol–water partition coefficient (Wildman–Crippen LogP) is 5.51. The Morgan fingerprint density at radius 3 is 2.91 bits per heavy atom. The summed E-state index contributed by atoms with van der Waals surface area (Å²) < 4.78 is 20.1. The van der Waals surface area contributed by atoms with Crippen molar-refractivity contribution in [3.8, 4) is 23.0 Å². The largest absolute Gasteiger partial charge is 0.497 e. The summed E-state index contributed by atoms with van der Waals surface area (Å²) in [5.41, 5.74) is 3.51. The zero-order valence-electron chi connectivity index (χ0n) is 19.5. The van der Waals surface area contributed by atoms with Crippen molar-refractivity contribution in [2.24, 2.45) is 0 Å². The van der Waals surface area contributed by atoms with E-state index in [1.807, 2.05) is 43.3 Å². The minimum Gasteiger partial charge on any atom is -0.497 e. The Morgan fingerprint density at radius 1 is 1.14 bits per heavy atom. The zero-order valence-corrected chi connectivity index (χ0v) is 19.5. The molecule has 0 aliphatic heterocycles. The van der Waals surface area contributed by atoms with Crippen LogP contribution in [0.4, 0.5) is 10.5 Å². The molecule has 1 amide bonds. The fourth-order valence-electron chi connectivity index (χ4n) is 3.96. The van der Waals surface area contributed by atoms with Gasteiger partial charge in [0.1, 0.15) is 5.75 Å². The topological polar surface area (TPSA) is 96.3 Å². The third-order valence-electron chi connectivity index (χ3n) is 5.65. The molecule has 3 aromatic heterocycles. The van der Waals surface area contributed by atoms with Gasteiger partial charge < -0.3 is 18.5 Å². The van der Waals surface area contributed by atoms with Crippen molar-refractivity contribution in [3.05, 3.63) is 79.1 Å². The van der Waals surface area contributed by atoms with Gasteiger partial charge in [-0.1, -0.05) is 23.8 Å². The summed E-state index contributed by atoms with van der Waals surface area (Å²) in [5, 5.41) is 8.19. The summed E-state index contributed by atoms with van der Waals surface area (Å²) in [7, 11) is 1.67. The lowest BCUT2D eigenvalue weighted by molar-refractivity contribution is 0.213. The van der Waals surface area contributed by atoms with Gasteiger partial charge in [-0.3, -0.25) is 10.00 Å². The Hall–Kier alpha value is -4.53. The highest BCUT2D eigenvalue weighted by atomic mass is 16.6. The van der Waals surface area contributed by atoms with Crippen LogP contribution in [0.2, 0.25) is 0 Å². The van der Waals surface area contributed by atoms with Crippen LogP contribution in [0.1, 0.15) is 12.0 Å². The quantitative estimate of drug-likeness (QED) is 0.321. The molecule has 0 radical (unpaired) electrons. The molecule has 2 aromatic carbocycles. The minimum absolute atomic E-state index is 0.107. The summed E-state index contributed by atoms with van der Waals surface area (Å²) >= 11 is 0. The van der Waals surface area contributed by atoms with Crippen molar-refractivity contribution in [3.63, 3.8) is 0 Å². The number of anilines is 1. The fourth-order valence-corrected chi connectivity index (χ4v) is 3.96. The van der Waals surface area contributed by atoms with Crippen LogP contribution in [0.15, 0.2) is 77.9 Å². The molecular weight excluding hydrogens is 446 g/mol. The maximum atomic E-state index is 12.4. The Morgan fingerprint density at radius 2 is 2.06 bits per heavy atom. The first-order valence-corrected chi connectivity index (χ1v) is 11.2. The summed E-state index contributed by atoms with van der Waals surface area (Å²) in [6, 6.07) is 15.8. The van der Waals surface area contributed by atoms with E-state index in [4.69, 9.17) is 13.9 Å². The van der Waals surface area contributed by atoms with Gasteiger partial charge in [-0.2, -0.15) is 10.1 Å². The average Bonchev–Trinajstić information content (AvgIpc) is 3.59. The van der Waals surface area contributed by atoms with Crippen LogP contribution in [0.3, 0.4) is 0 Å². The number of hydrogen-bond acceptors (Lipinski definition) is 6. The highest BCUT2D eigenvalue weighted by Crippen LogP contribution is 2.29. The number of nitrogens with zero attached hydrogens (tertiary/aromatic N) is 4. The molecule has 5 aromatic rings. The third-order valence-corrected chi connectivity index (χ3v) is 5.65. The molecule has 1 N–H and O–H groups in total. The van der Waals surface area contributed by atoms with Crippen molar-refractivity contribution in [2.45, 2.75) is 26.4 Å². The second-order valence-electron chi connectivity index (χ2n) is 8.15. The molecule has 0 bridgehead atoms. The SMILES string of the molecule is COc1ccc2ccn(CCCn3cc(NC(=O)Oc4ncoc4-c4cccc(C)c4)cn3)c2c1. The van der Waals surface area contributed by atoms with E-state index in [0.717, 1.165) is 35.4 Å². The Kier molecular flexibility index (Phi) is 6.21. The lowest BCUT2D eigenvalue weighted by atomic mass is 10.1. The van der Waals surface area contributed by atoms with Gasteiger partial charge >= 0.3 is 6.09 Å². The number of benzene rings is 2. The van der Waals surface area contributed by atoms with E-state index in [-0.39, 0.29) is 5.88 Å². The number of ether oxygens (including phenoxy) is 2. The van der Waals surface area contributed by atoms with Gasteiger partial charge in [-0.05, 0) is 43.0 Å². The molecule has 5 rings (SSSR count). The summed E-state index contributed by atoms with van der Waals surface area (Å²) in [6.45, 7) is 3.50. The molecule has 0 aliphatic rings. The van der Waals surface area contributed by atoms with Crippen molar-refractivity contribution in [2.75, 3.05) is 12.4 Å². The normalized spacial score (nSPS) is 11.0. The molecule has 0 unspecified atom stereocenters. The predicted molar refractivity (Wildman–Crippen MR) is 132 cm³/mol.